The van der Waals surface area contributed by atoms with Crippen LogP contribution in [0.1, 0.15) is 24.9 Å². The Morgan fingerprint density at radius 2 is 2.06 bits per heavy atom. The molecule has 7 heteroatoms. The topological polar surface area (TPSA) is 55.5 Å². The zero-order valence-electron chi connectivity index (χ0n) is 9.70. The third kappa shape index (κ3) is 4.59. The molecule has 0 heterocycles. The number of rotatable bonds is 5. The molecule has 0 bridgehead atoms. The standard InChI is InChI=1S/C11H14BrF2NO2.ClH/c1-2-17-9-4-6(3-7(12)11(9)16)8(15)5-10(13)14;/h3-4,8,10,16H,2,5,15H2,1H3;1H/t8-;/m1./s1. The summed E-state index contributed by atoms with van der Waals surface area (Å²) in [6.07, 6.45) is -2.89. The highest BCUT2D eigenvalue weighted by molar-refractivity contribution is 9.10. The van der Waals surface area contributed by atoms with Crippen molar-refractivity contribution in [3.8, 4) is 11.5 Å². The Bertz CT molecular complexity index is 394. The van der Waals surface area contributed by atoms with Crippen molar-refractivity contribution in [1.82, 2.24) is 0 Å². The second kappa shape index (κ2) is 7.76. The Balaban J connectivity index is 0.00000289. The van der Waals surface area contributed by atoms with Gasteiger partial charge in [0.25, 0.3) is 0 Å². The Kier molecular flexibility index (Phi) is 7.51. The van der Waals surface area contributed by atoms with E-state index in [0.717, 1.165) is 0 Å². The number of aromatic hydroxyl groups is 1. The third-order valence-electron chi connectivity index (χ3n) is 2.21. The van der Waals surface area contributed by atoms with Gasteiger partial charge < -0.3 is 15.6 Å². The van der Waals surface area contributed by atoms with Crippen molar-refractivity contribution < 1.29 is 18.6 Å². The summed E-state index contributed by atoms with van der Waals surface area (Å²) in [6, 6.07) is 2.22. The SMILES string of the molecule is CCOc1cc([C@H](N)CC(F)F)cc(Br)c1O.Cl. The molecule has 0 radical (unpaired) electrons. The van der Waals surface area contributed by atoms with Crippen LogP contribution in [0.15, 0.2) is 16.6 Å². The van der Waals surface area contributed by atoms with Crippen molar-refractivity contribution in [3.63, 3.8) is 0 Å². The predicted octanol–water partition coefficient (Wildman–Crippen LogP) is 3.63. The summed E-state index contributed by atoms with van der Waals surface area (Å²) in [4.78, 5) is 0. The summed E-state index contributed by atoms with van der Waals surface area (Å²) in [5, 5.41) is 9.66. The maximum atomic E-state index is 12.2. The first-order chi connectivity index (χ1) is 7.95. The predicted molar refractivity (Wildman–Crippen MR) is 71.8 cm³/mol. The van der Waals surface area contributed by atoms with Gasteiger partial charge in [0.05, 0.1) is 11.1 Å². The molecule has 3 N–H and O–H groups in total. The first-order valence-corrected chi connectivity index (χ1v) is 5.94. The highest BCUT2D eigenvalue weighted by atomic mass is 79.9. The quantitative estimate of drug-likeness (QED) is 0.856. The molecule has 1 aromatic rings. The molecule has 3 nitrogen and oxygen atoms in total. The van der Waals surface area contributed by atoms with Gasteiger partial charge in [-0.25, -0.2) is 8.78 Å². The first kappa shape index (κ1) is 17.4. The van der Waals surface area contributed by atoms with Gasteiger partial charge >= 0.3 is 0 Å². The molecule has 0 amide bonds. The van der Waals surface area contributed by atoms with E-state index in [1.807, 2.05) is 0 Å². The summed E-state index contributed by atoms with van der Waals surface area (Å²) >= 11 is 3.13. The molecular weight excluding hydrogens is 331 g/mol. The Morgan fingerprint density at radius 1 is 1.44 bits per heavy atom. The fourth-order valence-electron chi connectivity index (χ4n) is 1.40. The second-order valence-electron chi connectivity index (χ2n) is 3.52. The molecule has 0 aromatic heterocycles. The van der Waals surface area contributed by atoms with Crippen LogP contribution in [-0.2, 0) is 0 Å². The van der Waals surface area contributed by atoms with Gasteiger partial charge in [0.1, 0.15) is 0 Å². The van der Waals surface area contributed by atoms with Crippen molar-refractivity contribution in [3.05, 3.63) is 22.2 Å². The highest BCUT2D eigenvalue weighted by Gasteiger charge is 2.17. The molecule has 104 valence electrons. The minimum Gasteiger partial charge on any atom is -0.503 e. The van der Waals surface area contributed by atoms with Gasteiger partial charge in [-0.15, -0.1) is 12.4 Å². The van der Waals surface area contributed by atoms with Crippen LogP contribution < -0.4 is 10.5 Å². The Labute approximate surface area is 119 Å². The number of nitrogens with two attached hydrogens (primary N) is 1. The van der Waals surface area contributed by atoms with Crippen molar-refractivity contribution in [2.24, 2.45) is 5.73 Å². The minimum atomic E-state index is -2.46. The molecule has 1 atom stereocenters. The van der Waals surface area contributed by atoms with Crippen LogP contribution >= 0.6 is 28.3 Å². The summed E-state index contributed by atoms with van der Waals surface area (Å²) in [5.74, 6) is 0.182. The number of phenolic OH excluding ortho intramolecular Hbond substituents is 1. The number of hydrogen-bond acceptors (Lipinski definition) is 3. The van der Waals surface area contributed by atoms with Gasteiger partial charge in [0.15, 0.2) is 11.5 Å². The summed E-state index contributed by atoms with van der Waals surface area (Å²) < 4.78 is 30.0. The van der Waals surface area contributed by atoms with Gasteiger partial charge in [-0.3, -0.25) is 0 Å². The molecule has 0 aliphatic rings. The highest BCUT2D eigenvalue weighted by Crippen LogP contribution is 2.37. The molecule has 0 saturated heterocycles. The molecule has 18 heavy (non-hydrogen) atoms. The van der Waals surface area contributed by atoms with E-state index in [4.69, 9.17) is 10.5 Å². The van der Waals surface area contributed by atoms with Crippen molar-refractivity contribution in [2.45, 2.75) is 25.8 Å². The summed E-state index contributed by atoms with van der Waals surface area (Å²) in [5.41, 5.74) is 6.14. The first-order valence-electron chi connectivity index (χ1n) is 5.14. The van der Waals surface area contributed by atoms with Crippen molar-refractivity contribution >= 4 is 28.3 Å². The minimum absolute atomic E-state index is 0. The van der Waals surface area contributed by atoms with E-state index in [-0.39, 0.29) is 23.9 Å². The lowest BCUT2D eigenvalue weighted by molar-refractivity contribution is 0.128. The van der Waals surface area contributed by atoms with Crippen molar-refractivity contribution in [1.29, 1.82) is 0 Å². The summed E-state index contributed by atoms with van der Waals surface area (Å²) in [6.45, 7) is 2.13. The number of ether oxygens (including phenoxy) is 1. The number of halogens is 4. The van der Waals surface area contributed by atoms with E-state index in [1.54, 1.807) is 6.92 Å². The van der Waals surface area contributed by atoms with Crippen LogP contribution in [0.2, 0.25) is 0 Å². The van der Waals surface area contributed by atoms with Crippen LogP contribution in [-0.4, -0.2) is 18.1 Å². The maximum Gasteiger partial charge on any atom is 0.240 e. The van der Waals surface area contributed by atoms with Crippen molar-refractivity contribution in [2.75, 3.05) is 6.61 Å². The molecular formula is C11H15BrClF2NO2. The van der Waals surface area contributed by atoms with E-state index in [2.05, 4.69) is 15.9 Å². The lowest BCUT2D eigenvalue weighted by Crippen LogP contribution is -2.14. The zero-order valence-corrected chi connectivity index (χ0v) is 12.1. The van der Waals surface area contributed by atoms with E-state index < -0.39 is 18.9 Å². The van der Waals surface area contributed by atoms with E-state index in [0.29, 0.717) is 16.6 Å². The molecule has 0 saturated carbocycles. The maximum absolute atomic E-state index is 12.2. The van der Waals surface area contributed by atoms with E-state index >= 15 is 0 Å². The van der Waals surface area contributed by atoms with E-state index in [1.165, 1.54) is 12.1 Å². The van der Waals surface area contributed by atoms with Crippen LogP contribution in [0.25, 0.3) is 0 Å². The number of hydrogen-bond donors (Lipinski definition) is 2. The van der Waals surface area contributed by atoms with Gasteiger partial charge in [0.2, 0.25) is 6.43 Å². The zero-order chi connectivity index (χ0) is 13.0. The average Bonchev–Trinajstić information content (AvgIpc) is 2.23. The fourth-order valence-corrected chi connectivity index (χ4v) is 1.86. The number of benzene rings is 1. The van der Waals surface area contributed by atoms with Gasteiger partial charge in [-0.2, -0.15) is 0 Å². The molecule has 0 unspecified atom stereocenters. The second-order valence-corrected chi connectivity index (χ2v) is 4.37. The largest absolute Gasteiger partial charge is 0.503 e. The third-order valence-corrected chi connectivity index (χ3v) is 2.82. The smallest absolute Gasteiger partial charge is 0.240 e. The molecule has 1 aromatic carbocycles. The molecule has 0 aliphatic carbocycles. The number of phenols is 1. The lowest BCUT2D eigenvalue weighted by atomic mass is 10.0. The number of alkyl halides is 2. The monoisotopic (exact) mass is 345 g/mol. The molecule has 0 fully saturated rings. The summed E-state index contributed by atoms with van der Waals surface area (Å²) in [7, 11) is 0. The molecule has 1 rings (SSSR count). The lowest BCUT2D eigenvalue weighted by Gasteiger charge is -2.15. The van der Waals surface area contributed by atoms with E-state index in [9.17, 15) is 13.9 Å². The van der Waals surface area contributed by atoms with Crippen LogP contribution in [0.4, 0.5) is 8.78 Å². The van der Waals surface area contributed by atoms with Crippen LogP contribution in [0, 0.1) is 0 Å². The molecule has 0 spiro atoms. The fraction of sp³-hybridized carbons (Fsp3) is 0.455. The Hall–Kier alpha value is -0.590. The normalized spacial score (nSPS) is 12.1. The van der Waals surface area contributed by atoms with Gasteiger partial charge in [0, 0.05) is 12.5 Å². The van der Waals surface area contributed by atoms with Crippen LogP contribution in [0.3, 0.4) is 0 Å². The average molecular weight is 347 g/mol. The Morgan fingerprint density at radius 3 is 2.56 bits per heavy atom. The van der Waals surface area contributed by atoms with Gasteiger partial charge in [-0.1, -0.05) is 0 Å². The van der Waals surface area contributed by atoms with Gasteiger partial charge in [-0.05, 0) is 40.5 Å². The van der Waals surface area contributed by atoms with Crippen LogP contribution in [0.5, 0.6) is 11.5 Å². The molecule has 0 aliphatic heterocycles.